The summed E-state index contributed by atoms with van der Waals surface area (Å²) in [7, 11) is 0. The van der Waals surface area contributed by atoms with Crippen molar-refractivity contribution >= 4 is 11.8 Å². The van der Waals surface area contributed by atoms with Crippen molar-refractivity contribution in [3.63, 3.8) is 0 Å². The van der Waals surface area contributed by atoms with E-state index in [4.69, 9.17) is 4.42 Å². The molecule has 2 aromatic rings. The van der Waals surface area contributed by atoms with E-state index in [9.17, 15) is 4.39 Å². The molecule has 0 saturated carbocycles. The van der Waals surface area contributed by atoms with Gasteiger partial charge in [0.25, 0.3) is 5.22 Å². The minimum atomic E-state index is -0.566. The molecule has 0 spiro atoms. The van der Waals surface area contributed by atoms with Gasteiger partial charge in [-0.15, -0.1) is 0 Å². The van der Waals surface area contributed by atoms with Crippen LogP contribution in [0.4, 0.5) is 4.39 Å². The van der Waals surface area contributed by atoms with Crippen LogP contribution in [0.15, 0.2) is 39.5 Å². The zero-order chi connectivity index (χ0) is 9.10. The molecule has 6 heteroatoms. The summed E-state index contributed by atoms with van der Waals surface area (Å²) in [4.78, 5) is 11.0. The number of nitrogens with zero attached hydrogens (tertiary/aromatic N) is 3. The van der Waals surface area contributed by atoms with E-state index < -0.39 is 5.95 Å². The highest BCUT2D eigenvalue weighted by molar-refractivity contribution is 7.99. The summed E-state index contributed by atoms with van der Waals surface area (Å²) in [6.07, 6.45) is 4.11. The molecule has 0 saturated heterocycles. The van der Waals surface area contributed by atoms with Crippen LogP contribution in [0.5, 0.6) is 0 Å². The highest BCUT2D eigenvalue weighted by atomic mass is 32.2. The normalized spacial score (nSPS) is 10.2. The number of oxazole rings is 1. The maximum absolute atomic E-state index is 12.6. The number of aromatic nitrogens is 3. The van der Waals surface area contributed by atoms with Gasteiger partial charge >= 0.3 is 0 Å². The van der Waals surface area contributed by atoms with Gasteiger partial charge in [0.2, 0.25) is 5.95 Å². The molecule has 0 atom stereocenters. The second kappa shape index (κ2) is 3.53. The highest BCUT2D eigenvalue weighted by Crippen LogP contribution is 2.23. The molecule has 0 radical (unpaired) electrons. The fourth-order valence-corrected chi connectivity index (χ4v) is 1.38. The van der Waals surface area contributed by atoms with Crippen LogP contribution in [0, 0.1) is 5.95 Å². The Morgan fingerprint density at radius 3 is 2.92 bits per heavy atom. The van der Waals surface area contributed by atoms with E-state index in [0.717, 1.165) is 18.1 Å². The standard InChI is InChI=1S/C7H4FN3OS/c8-5-3-6(11-4-10-5)13-7-9-1-2-12-7/h1-4H. The third kappa shape index (κ3) is 2.03. The Balaban J connectivity index is 2.19. The van der Waals surface area contributed by atoms with Crippen LogP contribution in [0.2, 0.25) is 0 Å². The SMILES string of the molecule is Fc1cc(Sc2ncco2)ncn1. The Morgan fingerprint density at radius 2 is 2.23 bits per heavy atom. The van der Waals surface area contributed by atoms with Gasteiger partial charge in [-0.2, -0.15) is 4.39 Å². The summed E-state index contributed by atoms with van der Waals surface area (Å²) in [6.45, 7) is 0. The van der Waals surface area contributed by atoms with Crippen LogP contribution in [0.1, 0.15) is 0 Å². The van der Waals surface area contributed by atoms with E-state index in [0.29, 0.717) is 10.2 Å². The Hall–Kier alpha value is -1.43. The first kappa shape index (κ1) is 8.18. The minimum Gasteiger partial charge on any atom is -0.440 e. The Labute approximate surface area is 77.2 Å². The van der Waals surface area contributed by atoms with Crippen molar-refractivity contribution in [2.75, 3.05) is 0 Å². The molecule has 66 valence electrons. The topological polar surface area (TPSA) is 51.8 Å². The van der Waals surface area contributed by atoms with Crippen LogP contribution < -0.4 is 0 Å². The molecule has 0 bridgehead atoms. The quantitative estimate of drug-likeness (QED) is 0.686. The Kier molecular flexibility index (Phi) is 2.22. The lowest BCUT2D eigenvalue weighted by Crippen LogP contribution is -1.86. The molecule has 4 nitrogen and oxygen atoms in total. The van der Waals surface area contributed by atoms with Crippen LogP contribution in [-0.2, 0) is 0 Å². The van der Waals surface area contributed by atoms with E-state index in [1.807, 2.05) is 0 Å². The number of halogens is 1. The molecule has 2 rings (SSSR count). The summed E-state index contributed by atoms with van der Waals surface area (Å²) in [6, 6.07) is 1.22. The molecule has 0 aliphatic heterocycles. The van der Waals surface area contributed by atoms with Crippen LogP contribution in [0.3, 0.4) is 0 Å². The largest absolute Gasteiger partial charge is 0.440 e. The monoisotopic (exact) mass is 197 g/mol. The lowest BCUT2D eigenvalue weighted by molar-refractivity contribution is 0.453. The molecule has 2 aromatic heterocycles. The van der Waals surface area contributed by atoms with Gasteiger partial charge in [0.1, 0.15) is 17.6 Å². The molecule has 0 aliphatic carbocycles. The molecular formula is C7H4FN3OS. The average molecular weight is 197 g/mol. The summed E-state index contributed by atoms with van der Waals surface area (Å²) in [5.74, 6) is -0.566. The minimum absolute atomic E-state index is 0.429. The second-order valence-electron chi connectivity index (χ2n) is 2.08. The molecular weight excluding hydrogens is 193 g/mol. The number of rotatable bonds is 2. The van der Waals surface area contributed by atoms with Gasteiger partial charge in [0, 0.05) is 6.07 Å². The third-order valence-corrected chi connectivity index (χ3v) is 2.02. The zero-order valence-electron chi connectivity index (χ0n) is 6.35. The smallest absolute Gasteiger partial charge is 0.261 e. The van der Waals surface area contributed by atoms with E-state index in [2.05, 4.69) is 15.0 Å². The molecule has 0 aromatic carbocycles. The third-order valence-electron chi connectivity index (χ3n) is 1.21. The maximum atomic E-state index is 12.6. The average Bonchev–Trinajstić information content (AvgIpc) is 2.57. The fourth-order valence-electron chi connectivity index (χ4n) is 0.723. The van der Waals surface area contributed by atoms with Crippen molar-refractivity contribution in [3.05, 3.63) is 30.8 Å². The second-order valence-corrected chi connectivity index (χ2v) is 3.05. The molecule has 0 aliphatic rings. The predicted molar refractivity (Wildman–Crippen MR) is 42.6 cm³/mol. The van der Waals surface area contributed by atoms with Crippen LogP contribution in [0.25, 0.3) is 0 Å². The van der Waals surface area contributed by atoms with Crippen molar-refractivity contribution in [2.45, 2.75) is 10.2 Å². The number of hydrogen-bond acceptors (Lipinski definition) is 5. The first-order valence-corrected chi connectivity index (χ1v) is 4.21. The van der Waals surface area contributed by atoms with Gasteiger partial charge < -0.3 is 4.42 Å². The summed E-state index contributed by atoms with van der Waals surface area (Å²) >= 11 is 1.14. The summed E-state index contributed by atoms with van der Waals surface area (Å²) in [5.41, 5.74) is 0. The predicted octanol–water partition coefficient (Wildman–Crippen LogP) is 1.75. The number of hydrogen-bond donors (Lipinski definition) is 0. The zero-order valence-corrected chi connectivity index (χ0v) is 7.16. The lowest BCUT2D eigenvalue weighted by atomic mass is 10.7. The molecule has 13 heavy (non-hydrogen) atoms. The van der Waals surface area contributed by atoms with Gasteiger partial charge in [0.15, 0.2) is 0 Å². The first-order valence-electron chi connectivity index (χ1n) is 3.39. The van der Waals surface area contributed by atoms with Gasteiger partial charge in [-0.25, -0.2) is 15.0 Å². The van der Waals surface area contributed by atoms with Crippen molar-refractivity contribution in [2.24, 2.45) is 0 Å². The molecule has 0 N–H and O–H groups in total. The van der Waals surface area contributed by atoms with Gasteiger partial charge in [0.05, 0.1) is 6.20 Å². The molecule has 0 unspecified atom stereocenters. The maximum Gasteiger partial charge on any atom is 0.261 e. The van der Waals surface area contributed by atoms with Crippen molar-refractivity contribution in [1.82, 2.24) is 15.0 Å². The van der Waals surface area contributed by atoms with Gasteiger partial charge in [-0.3, -0.25) is 0 Å². The van der Waals surface area contributed by atoms with Gasteiger partial charge in [-0.05, 0) is 11.8 Å². The first-order chi connectivity index (χ1) is 6.34. The Bertz CT molecular complexity index is 392. The van der Waals surface area contributed by atoms with Crippen molar-refractivity contribution in [1.29, 1.82) is 0 Å². The van der Waals surface area contributed by atoms with Crippen LogP contribution in [-0.4, -0.2) is 15.0 Å². The molecule has 0 fully saturated rings. The van der Waals surface area contributed by atoms with E-state index in [1.54, 1.807) is 0 Å². The van der Waals surface area contributed by atoms with E-state index in [-0.39, 0.29) is 0 Å². The van der Waals surface area contributed by atoms with E-state index in [1.165, 1.54) is 18.5 Å². The fraction of sp³-hybridized carbons (Fsp3) is 0. The lowest BCUT2D eigenvalue weighted by Gasteiger charge is -1.93. The van der Waals surface area contributed by atoms with Crippen molar-refractivity contribution in [3.8, 4) is 0 Å². The van der Waals surface area contributed by atoms with E-state index >= 15 is 0 Å². The Morgan fingerprint density at radius 1 is 1.31 bits per heavy atom. The summed E-state index contributed by atoms with van der Waals surface area (Å²) in [5, 5.41) is 0.896. The van der Waals surface area contributed by atoms with Crippen molar-refractivity contribution < 1.29 is 8.81 Å². The summed E-state index contributed by atoms with van der Waals surface area (Å²) < 4.78 is 17.5. The molecule has 2 heterocycles. The highest BCUT2D eigenvalue weighted by Gasteiger charge is 2.03. The molecule has 0 amide bonds. The van der Waals surface area contributed by atoms with Gasteiger partial charge in [-0.1, -0.05) is 0 Å². The van der Waals surface area contributed by atoms with Crippen LogP contribution >= 0.6 is 11.8 Å².